The van der Waals surface area contributed by atoms with Crippen molar-refractivity contribution in [1.29, 1.82) is 0 Å². The summed E-state index contributed by atoms with van der Waals surface area (Å²) in [4.78, 5) is 16.9. The van der Waals surface area contributed by atoms with Gasteiger partial charge in [0.15, 0.2) is 11.5 Å². The second kappa shape index (κ2) is 8.22. The van der Waals surface area contributed by atoms with Gasteiger partial charge >= 0.3 is 0 Å². The van der Waals surface area contributed by atoms with Gasteiger partial charge in [0.2, 0.25) is 15.9 Å². The highest BCUT2D eigenvalue weighted by molar-refractivity contribution is 7.89. The van der Waals surface area contributed by atoms with Gasteiger partial charge in [0.25, 0.3) is 0 Å². The van der Waals surface area contributed by atoms with Crippen molar-refractivity contribution >= 4 is 38.4 Å². The average Bonchev–Trinajstić information content (AvgIpc) is 3.00. The van der Waals surface area contributed by atoms with E-state index in [1.807, 2.05) is 12.1 Å². The molecule has 0 aliphatic heterocycles. The van der Waals surface area contributed by atoms with Gasteiger partial charge in [0.1, 0.15) is 11.6 Å². The average molecular weight is 417 g/mol. The van der Waals surface area contributed by atoms with Crippen LogP contribution in [0.25, 0.3) is 11.1 Å². The molecule has 1 aromatic heterocycles. The highest BCUT2D eigenvalue weighted by Gasteiger charge is 2.17. The molecule has 154 valence electrons. The van der Waals surface area contributed by atoms with Crippen LogP contribution >= 0.6 is 0 Å². The van der Waals surface area contributed by atoms with E-state index in [0.29, 0.717) is 22.7 Å². The second-order valence-corrected chi connectivity index (χ2v) is 8.79. The van der Waals surface area contributed by atoms with Crippen molar-refractivity contribution < 1.29 is 17.6 Å². The first-order chi connectivity index (χ1) is 13.6. The van der Waals surface area contributed by atoms with Crippen LogP contribution in [0.3, 0.4) is 0 Å². The quantitative estimate of drug-likeness (QED) is 0.545. The Kier molecular flexibility index (Phi) is 5.90. The van der Waals surface area contributed by atoms with Gasteiger partial charge in [0, 0.05) is 24.3 Å². The molecule has 8 nitrogen and oxygen atoms in total. The summed E-state index contributed by atoms with van der Waals surface area (Å²) >= 11 is 0. The fourth-order valence-corrected chi connectivity index (χ4v) is 4.05. The molecule has 0 aliphatic carbocycles. The number of rotatable bonds is 7. The molecule has 1 unspecified atom stereocenters. The third-order valence-corrected chi connectivity index (χ3v) is 5.77. The Balaban J connectivity index is 1.64. The van der Waals surface area contributed by atoms with E-state index < -0.39 is 16.1 Å². The number of aromatic nitrogens is 1. The monoisotopic (exact) mass is 416 g/mol. The Bertz CT molecular complexity index is 1120. The van der Waals surface area contributed by atoms with Gasteiger partial charge in [-0.25, -0.2) is 18.1 Å². The molecule has 0 radical (unpaired) electrons. The zero-order chi connectivity index (χ0) is 21.2. The Morgan fingerprint density at radius 2 is 1.69 bits per heavy atom. The zero-order valence-corrected chi connectivity index (χ0v) is 17.5. The Hall–Kier alpha value is -2.91. The Morgan fingerprint density at radius 3 is 2.34 bits per heavy atom. The summed E-state index contributed by atoms with van der Waals surface area (Å²) in [5.74, 6) is 0.328. The lowest BCUT2D eigenvalue weighted by Crippen LogP contribution is -2.32. The van der Waals surface area contributed by atoms with Crippen LogP contribution in [0.2, 0.25) is 0 Å². The van der Waals surface area contributed by atoms with E-state index in [0.717, 1.165) is 5.69 Å². The van der Waals surface area contributed by atoms with Crippen molar-refractivity contribution in [2.45, 2.75) is 44.7 Å². The standard InChI is InChI=1S/C20H24N4O4S/c1-12(2)24-29(26,27)17-8-5-15(6-9-17)23-20(25)13(3)21-16-7-10-19-18(11-16)22-14(4)28-19/h5-13,21,24H,1-4H3,(H,23,25). The van der Waals surface area contributed by atoms with E-state index in [1.54, 1.807) is 45.9 Å². The number of benzene rings is 2. The highest BCUT2D eigenvalue weighted by atomic mass is 32.2. The lowest BCUT2D eigenvalue weighted by Gasteiger charge is -2.15. The molecule has 1 amide bonds. The van der Waals surface area contributed by atoms with Crippen LogP contribution in [-0.4, -0.2) is 31.4 Å². The molecule has 2 aromatic carbocycles. The van der Waals surface area contributed by atoms with Gasteiger partial charge in [-0.2, -0.15) is 0 Å². The van der Waals surface area contributed by atoms with Crippen LogP contribution in [0.5, 0.6) is 0 Å². The van der Waals surface area contributed by atoms with Crippen molar-refractivity contribution in [2.24, 2.45) is 0 Å². The molecule has 3 rings (SSSR count). The van der Waals surface area contributed by atoms with E-state index >= 15 is 0 Å². The van der Waals surface area contributed by atoms with Crippen molar-refractivity contribution in [1.82, 2.24) is 9.71 Å². The predicted molar refractivity (Wildman–Crippen MR) is 112 cm³/mol. The molecule has 29 heavy (non-hydrogen) atoms. The molecule has 0 saturated heterocycles. The van der Waals surface area contributed by atoms with E-state index in [2.05, 4.69) is 20.3 Å². The SMILES string of the molecule is Cc1nc2cc(NC(C)C(=O)Nc3ccc(S(=O)(=O)NC(C)C)cc3)ccc2o1. The number of fused-ring (bicyclic) bond motifs is 1. The van der Waals surface area contributed by atoms with Crippen LogP contribution in [-0.2, 0) is 14.8 Å². The van der Waals surface area contributed by atoms with Crippen molar-refractivity contribution in [3.05, 3.63) is 48.4 Å². The summed E-state index contributed by atoms with van der Waals surface area (Å²) in [7, 11) is -3.57. The minimum absolute atomic E-state index is 0.145. The van der Waals surface area contributed by atoms with Crippen LogP contribution in [0.15, 0.2) is 51.8 Å². The first-order valence-corrected chi connectivity index (χ1v) is 10.7. The van der Waals surface area contributed by atoms with Crippen LogP contribution < -0.4 is 15.4 Å². The summed E-state index contributed by atoms with van der Waals surface area (Å²) in [5.41, 5.74) is 2.66. The number of hydrogen-bond acceptors (Lipinski definition) is 6. The number of amides is 1. The van der Waals surface area contributed by atoms with E-state index in [1.165, 1.54) is 12.1 Å². The Labute approximate surface area is 169 Å². The minimum Gasteiger partial charge on any atom is -0.441 e. The molecule has 3 aromatic rings. The molecular formula is C20H24N4O4S. The maximum Gasteiger partial charge on any atom is 0.246 e. The topological polar surface area (TPSA) is 113 Å². The summed E-state index contributed by atoms with van der Waals surface area (Å²) in [6.07, 6.45) is 0. The summed E-state index contributed by atoms with van der Waals surface area (Å²) < 4.78 is 32.3. The first kappa shape index (κ1) is 20.8. The van der Waals surface area contributed by atoms with Crippen LogP contribution in [0.1, 0.15) is 26.7 Å². The molecule has 9 heteroatoms. The number of anilines is 2. The normalized spacial score (nSPS) is 12.9. The van der Waals surface area contributed by atoms with Crippen molar-refractivity contribution in [3.63, 3.8) is 0 Å². The molecule has 0 fully saturated rings. The summed E-state index contributed by atoms with van der Waals surface area (Å²) in [5, 5.41) is 5.89. The smallest absolute Gasteiger partial charge is 0.246 e. The fraction of sp³-hybridized carbons (Fsp3) is 0.300. The molecule has 0 aliphatic rings. The maximum atomic E-state index is 12.5. The molecular weight excluding hydrogens is 392 g/mol. The van der Waals surface area contributed by atoms with Gasteiger partial charge in [-0.1, -0.05) is 0 Å². The van der Waals surface area contributed by atoms with Gasteiger partial charge in [0.05, 0.1) is 4.90 Å². The minimum atomic E-state index is -3.57. The molecule has 1 heterocycles. The fourth-order valence-electron chi connectivity index (χ4n) is 2.79. The van der Waals surface area contributed by atoms with Gasteiger partial charge in [-0.3, -0.25) is 4.79 Å². The highest BCUT2D eigenvalue weighted by Crippen LogP contribution is 2.20. The molecule has 0 saturated carbocycles. The number of nitrogens with zero attached hydrogens (tertiary/aromatic N) is 1. The summed E-state index contributed by atoms with van der Waals surface area (Å²) in [6, 6.07) is 10.7. The lowest BCUT2D eigenvalue weighted by molar-refractivity contribution is -0.116. The number of aryl methyl sites for hydroxylation is 1. The second-order valence-electron chi connectivity index (χ2n) is 7.07. The summed E-state index contributed by atoms with van der Waals surface area (Å²) in [6.45, 7) is 7.02. The molecule has 0 spiro atoms. The number of nitrogens with one attached hydrogen (secondary N) is 3. The first-order valence-electron chi connectivity index (χ1n) is 9.21. The number of hydrogen-bond donors (Lipinski definition) is 3. The number of sulfonamides is 1. The predicted octanol–water partition coefficient (Wildman–Crippen LogP) is 3.26. The lowest BCUT2D eigenvalue weighted by atomic mass is 10.2. The molecule has 0 bridgehead atoms. The van der Waals surface area contributed by atoms with Gasteiger partial charge in [-0.15, -0.1) is 0 Å². The molecule has 3 N–H and O–H groups in total. The zero-order valence-electron chi connectivity index (χ0n) is 16.7. The maximum absolute atomic E-state index is 12.5. The number of carbonyl (C=O) groups excluding carboxylic acids is 1. The van der Waals surface area contributed by atoms with Gasteiger partial charge in [-0.05, 0) is 63.2 Å². The van der Waals surface area contributed by atoms with Crippen molar-refractivity contribution in [2.75, 3.05) is 10.6 Å². The van der Waals surface area contributed by atoms with E-state index in [-0.39, 0.29) is 16.8 Å². The van der Waals surface area contributed by atoms with Gasteiger partial charge < -0.3 is 15.1 Å². The van der Waals surface area contributed by atoms with E-state index in [9.17, 15) is 13.2 Å². The van der Waals surface area contributed by atoms with E-state index in [4.69, 9.17) is 4.42 Å². The Morgan fingerprint density at radius 1 is 1.03 bits per heavy atom. The van der Waals surface area contributed by atoms with Crippen molar-refractivity contribution in [3.8, 4) is 0 Å². The number of carbonyl (C=O) groups is 1. The van der Waals surface area contributed by atoms with Crippen LogP contribution in [0.4, 0.5) is 11.4 Å². The third kappa shape index (κ3) is 5.12. The third-order valence-electron chi connectivity index (χ3n) is 4.09. The molecule has 1 atom stereocenters. The largest absolute Gasteiger partial charge is 0.441 e. The number of oxazole rings is 1. The van der Waals surface area contributed by atoms with Crippen LogP contribution in [0, 0.1) is 6.92 Å².